The Labute approximate surface area is 150 Å². The lowest BCUT2D eigenvalue weighted by atomic mass is 10.1. The molecule has 1 heterocycles. The van der Waals surface area contributed by atoms with Gasteiger partial charge in [-0.3, -0.25) is 4.79 Å². The fourth-order valence-electron chi connectivity index (χ4n) is 3.61. The fraction of sp³-hybridized carbons (Fsp3) is 0.476. The number of aryl methyl sites for hydroxylation is 1. The van der Waals surface area contributed by atoms with Crippen molar-refractivity contribution in [1.82, 2.24) is 4.57 Å². The zero-order valence-corrected chi connectivity index (χ0v) is 15.8. The molecule has 1 saturated carbocycles. The lowest BCUT2D eigenvalue weighted by Crippen LogP contribution is -2.21. The summed E-state index contributed by atoms with van der Waals surface area (Å²) in [4.78, 5) is 14.9. The molecule has 0 atom stereocenters. The number of aromatic nitrogens is 1. The van der Waals surface area contributed by atoms with Gasteiger partial charge in [0, 0.05) is 47.5 Å². The molecular weight excluding hydrogens is 310 g/mol. The third-order valence-electron chi connectivity index (χ3n) is 5.15. The van der Waals surface area contributed by atoms with E-state index in [1.165, 1.54) is 24.2 Å². The van der Waals surface area contributed by atoms with Crippen molar-refractivity contribution in [3.8, 4) is 0 Å². The van der Waals surface area contributed by atoms with Crippen molar-refractivity contribution in [2.24, 2.45) is 0 Å². The van der Waals surface area contributed by atoms with Gasteiger partial charge in [-0.2, -0.15) is 0 Å². The molecule has 134 valence electrons. The Morgan fingerprint density at radius 1 is 1.16 bits per heavy atom. The number of Topliss-reactive ketones (excluding diaryl/α,β-unsaturated/α-hetero) is 1. The number of nitrogens with one attached hydrogen (secondary N) is 1. The van der Waals surface area contributed by atoms with Gasteiger partial charge < -0.3 is 14.8 Å². The summed E-state index contributed by atoms with van der Waals surface area (Å²) in [6.07, 6.45) is 2.47. The van der Waals surface area contributed by atoms with Crippen molar-refractivity contribution in [2.45, 2.75) is 46.6 Å². The zero-order chi connectivity index (χ0) is 18.0. The molecule has 0 unspecified atom stereocenters. The van der Waals surface area contributed by atoms with Gasteiger partial charge >= 0.3 is 0 Å². The first-order valence-corrected chi connectivity index (χ1v) is 9.35. The molecule has 0 radical (unpaired) electrons. The Hall–Kier alpha value is -2.23. The van der Waals surface area contributed by atoms with Crippen LogP contribution in [0, 0.1) is 13.8 Å². The number of hydrogen-bond donors (Lipinski definition) is 1. The van der Waals surface area contributed by atoms with Crippen LogP contribution in [0.25, 0.3) is 0 Å². The Morgan fingerprint density at radius 2 is 1.80 bits per heavy atom. The van der Waals surface area contributed by atoms with Crippen LogP contribution in [0.4, 0.5) is 11.4 Å². The van der Waals surface area contributed by atoms with Crippen LogP contribution < -0.4 is 10.2 Å². The molecule has 1 aliphatic carbocycles. The number of ketones is 1. The third-order valence-corrected chi connectivity index (χ3v) is 5.15. The zero-order valence-electron chi connectivity index (χ0n) is 15.8. The lowest BCUT2D eigenvalue weighted by Gasteiger charge is -2.21. The number of carbonyl (C=O) groups excluding carboxylic acids is 1. The van der Waals surface area contributed by atoms with Crippen LogP contribution in [0.3, 0.4) is 0 Å². The van der Waals surface area contributed by atoms with E-state index in [4.69, 9.17) is 0 Å². The minimum Gasteiger partial charge on any atom is -0.378 e. The highest BCUT2D eigenvalue weighted by Gasteiger charge is 2.28. The van der Waals surface area contributed by atoms with Crippen LogP contribution in [0.1, 0.15) is 54.5 Å². The number of carbonyl (C=O) groups is 1. The van der Waals surface area contributed by atoms with Crippen LogP contribution in [0.2, 0.25) is 0 Å². The first kappa shape index (κ1) is 17.6. The van der Waals surface area contributed by atoms with Crippen LogP contribution >= 0.6 is 0 Å². The normalized spacial score (nSPS) is 13.8. The third kappa shape index (κ3) is 3.73. The number of hydrogen-bond acceptors (Lipinski definition) is 3. The molecule has 0 spiro atoms. The van der Waals surface area contributed by atoms with Gasteiger partial charge in [0.25, 0.3) is 0 Å². The molecule has 0 aliphatic heterocycles. The molecule has 1 aromatic heterocycles. The number of rotatable bonds is 8. The van der Waals surface area contributed by atoms with Gasteiger partial charge in [0.1, 0.15) is 0 Å². The topological polar surface area (TPSA) is 37.3 Å². The van der Waals surface area contributed by atoms with Gasteiger partial charge in [-0.1, -0.05) is 0 Å². The number of nitrogens with zero attached hydrogens (tertiary/aromatic N) is 2. The summed E-state index contributed by atoms with van der Waals surface area (Å²) in [6.45, 7) is 10.8. The van der Waals surface area contributed by atoms with Crippen molar-refractivity contribution < 1.29 is 4.79 Å². The SMILES string of the molecule is CCN(CC)c1ccc(NCC(=O)c2cc(C)n(C3CC3)c2C)cc1. The summed E-state index contributed by atoms with van der Waals surface area (Å²) in [7, 11) is 0. The van der Waals surface area contributed by atoms with E-state index in [1.54, 1.807) is 0 Å². The second-order valence-electron chi connectivity index (χ2n) is 6.88. The van der Waals surface area contributed by atoms with Crippen LogP contribution in [-0.4, -0.2) is 30.0 Å². The first-order valence-electron chi connectivity index (χ1n) is 9.35. The Bertz CT molecular complexity index is 737. The summed E-state index contributed by atoms with van der Waals surface area (Å²) < 4.78 is 2.33. The van der Waals surface area contributed by atoms with Crippen molar-refractivity contribution >= 4 is 17.2 Å². The molecule has 4 nitrogen and oxygen atoms in total. The highest BCUT2D eigenvalue weighted by molar-refractivity contribution is 6.00. The largest absolute Gasteiger partial charge is 0.378 e. The molecule has 1 N–H and O–H groups in total. The molecule has 0 amide bonds. The van der Waals surface area contributed by atoms with Gasteiger partial charge in [0.2, 0.25) is 0 Å². The summed E-state index contributed by atoms with van der Waals surface area (Å²) >= 11 is 0. The van der Waals surface area contributed by atoms with Gasteiger partial charge in [-0.05, 0) is 70.9 Å². The molecule has 0 saturated heterocycles. The summed E-state index contributed by atoms with van der Waals surface area (Å²) in [6, 6.07) is 11.0. The van der Waals surface area contributed by atoms with Crippen molar-refractivity contribution in [3.63, 3.8) is 0 Å². The predicted octanol–water partition coefficient (Wildman–Crippen LogP) is 4.58. The molecule has 2 aromatic rings. The summed E-state index contributed by atoms with van der Waals surface area (Å²) in [5, 5.41) is 3.27. The quantitative estimate of drug-likeness (QED) is 0.715. The molecule has 3 rings (SSSR count). The molecule has 4 heteroatoms. The summed E-state index contributed by atoms with van der Waals surface area (Å²) in [5.74, 6) is 0.160. The molecule has 1 aromatic carbocycles. The maximum Gasteiger partial charge on any atom is 0.183 e. The molecule has 1 aliphatic rings. The van der Waals surface area contributed by atoms with E-state index >= 15 is 0 Å². The van der Waals surface area contributed by atoms with E-state index < -0.39 is 0 Å². The van der Waals surface area contributed by atoms with E-state index in [9.17, 15) is 4.79 Å². The highest BCUT2D eigenvalue weighted by Crippen LogP contribution is 2.38. The van der Waals surface area contributed by atoms with Gasteiger partial charge in [0.15, 0.2) is 5.78 Å². The van der Waals surface area contributed by atoms with E-state index in [2.05, 4.69) is 66.7 Å². The molecule has 0 bridgehead atoms. The minimum absolute atomic E-state index is 0.160. The van der Waals surface area contributed by atoms with E-state index in [0.717, 1.165) is 30.0 Å². The highest BCUT2D eigenvalue weighted by atomic mass is 16.1. The smallest absolute Gasteiger partial charge is 0.183 e. The Morgan fingerprint density at radius 3 is 2.36 bits per heavy atom. The summed E-state index contributed by atoms with van der Waals surface area (Å²) in [5.41, 5.74) is 5.38. The first-order chi connectivity index (χ1) is 12.0. The second-order valence-corrected chi connectivity index (χ2v) is 6.88. The van der Waals surface area contributed by atoms with E-state index in [0.29, 0.717) is 12.6 Å². The van der Waals surface area contributed by atoms with E-state index in [-0.39, 0.29) is 5.78 Å². The number of anilines is 2. The Balaban J connectivity index is 1.63. The van der Waals surface area contributed by atoms with Gasteiger partial charge in [-0.25, -0.2) is 0 Å². The van der Waals surface area contributed by atoms with Crippen LogP contribution in [-0.2, 0) is 0 Å². The standard InChI is InChI=1S/C21H29N3O/c1-5-23(6-2)18-9-7-17(8-10-18)22-14-21(25)20-13-15(3)24(16(20)4)19-11-12-19/h7-10,13,19,22H,5-6,11-12,14H2,1-4H3. The monoisotopic (exact) mass is 339 g/mol. The van der Waals surface area contributed by atoms with Gasteiger partial charge in [-0.15, -0.1) is 0 Å². The van der Waals surface area contributed by atoms with Crippen molar-refractivity contribution in [1.29, 1.82) is 0 Å². The average Bonchev–Trinajstić information content (AvgIpc) is 3.40. The lowest BCUT2D eigenvalue weighted by molar-refractivity contribution is 0.101. The van der Waals surface area contributed by atoms with E-state index in [1.807, 2.05) is 6.07 Å². The minimum atomic E-state index is 0.160. The fourth-order valence-corrected chi connectivity index (χ4v) is 3.61. The van der Waals surface area contributed by atoms with Crippen molar-refractivity contribution in [2.75, 3.05) is 29.9 Å². The Kier molecular flexibility index (Phi) is 5.16. The average molecular weight is 339 g/mol. The molecule has 1 fully saturated rings. The molecule has 25 heavy (non-hydrogen) atoms. The van der Waals surface area contributed by atoms with Crippen LogP contribution in [0.15, 0.2) is 30.3 Å². The predicted molar refractivity (Wildman–Crippen MR) is 105 cm³/mol. The maximum absolute atomic E-state index is 12.6. The number of benzene rings is 1. The van der Waals surface area contributed by atoms with Gasteiger partial charge in [0.05, 0.1) is 6.54 Å². The van der Waals surface area contributed by atoms with Crippen molar-refractivity contribution in [3.05, 3.63) is 47.3 Å². The maximum atomic E-state index is 12.6. The second kappa shape index (κ2) is 7.34. The van der Waals surface area contributed by atoms with Crippen LogP contribution in [0.5, 0.6) is 0 Å². The molecular formula is C21H29N3O.